The van der Waals surface area contributed by atoms with Gasteiger partial charge in [-0.05, 0) is 36.1 Å². The maximum absolute atomic E-state index is 3.57. The molecule has 76 valence electrons. The van der Waals surface area contributed by atoms with Gasteiger partial charge in [0.2, 0.25) is 0 Å². The minimum absolute atomic E-state index is 0.376. The fraction of sp³-hybridized carbons (Fsp3) is 0.500. The van der Waals surface area contributed by atoms with E-state index >= 15 is 0 Å². The van der Waals surface area contributed by atoms with Crippen molar-refractivity contribution in [3.8, 4) is 0 Å². The Hall–Kier alpha value is -0.340. The van der Waals surface area contributed by atoms with Crippen molar-refractivity contribution in [1.29, 1.82) is 0 Å². The lowest BCUT2D eigenvalue weighted by Gasteiger charge is -2.27. The van der Waals surface area contributed by atoms with Crippen LogP contribution in [-0.2, 0) is 0 Å². The van der Waals surface area contributed by atoms with E-state index in [1.54, 1.807) is 0 Å². The van der Waals surface area contributed by atoms with Crippen LogP contribution in [0.2, 0.25) is 0 Å². The molecule has 1 aromatic rings. The summed E-state index contributed by atoms with van der Waals surface area (Å²) in [5.41, 5.74) is 1.77. The van der Waals surface area contributed by atoms with Gasteiger partial charge in [-0.2, -0.15) is 0 Å². The maximum Gasteiger partial charge on any atom is 0.0372 e. The first-order valence-corrected chi connectivity index (χ1v) is 5.88. The molecule has 0 radical (unpaired) electrons. The molecule has 1 N–H and O–H groups in total. The molecule has 1 fully saturated rings. The van der Waals surface area contributed by atoms with Gasteiger partial charge in [-0.15, -0.1) is 0 Å². The number of nitrogens with one attached hydrogen (secondary N) is 1. The van der Waals surface area contributed by atoms with Crippen molar-refractivity contribution in [2.24, 2.45) is 5.41 Å². The predicted octanol–water partition coefficient (Wildman–Crippen LogP) is 3.51. The molecule has 1 aliphatic rings. The molecule has 0 bridgehead atoms. The molecule has 0 amide bonds. The molecule has 0 saturated carbocycles. The lowest BCUT2D eigenvalue weighted by molar-refractivity contribution is 0.320. The summed E-state index contributed by atoms with van der Waals surface area (Å²) < 4.78 is 1.17. The molecule has 1 unspecified atom stereocenters. The van der Waals surface area contributed by atoms with Crippen LogP contribution >= 0.6 is 15.9 Å². The van der Waals surface area contributed by atoms with Gasteiger partial charge >= 0.3 is 0 Å². The van der Waals surface area contributed by atoms with Gasteiger partial charge in [-0.25, -0.2) is 0 Å². The molecule has 0 aliphatic carbocycles. The third-order valence-corrected chi connectivity index (χ3v) is 3.57. The molecule has 1 aromatic carbocycles. The standard InChI is InChI=1S/C12H16BrN/c1-12(2)6-7-14-11(12)9-4-3-5-10(13)8-9/h3-5,8,11,14H,6-7H2,1-2H3. The van der Waals surface area contributed by atoms with E-state index in [4.69, 9.17) is 0 Å². The molecular weight excluding hydrogens is 238 g/mol. The summed E-state index contributed by atoms with van der Waals surface area (Å²) in [7, 11) is 0. The molecule has 14 heavy (non-hydrogen) atoms. The van der Waals surface area contributed by atoms with Crippen LogP contribution in [0.15, 0.2) is 28.7 Å². The van der Waals surface area contributed by atoms with Gasteiger partial charge in [0.25, 0.3) is 0 Å². The van der Waals surface area contributed by atoms with Crippen molar-refractivity contribution in [3.05, 3.63) is 34.3 Å². The smallest absolute Gasteiger partial charge is 0.0372 e. The lowest BCUT2D eigenvalue weighted by atomic mass is 9.81. The van der Waals surface area contributed by atoms with Gasteiger partial charge in [0.1, 0.15) is 0 Å². The van der Waals surface area contributed by atoms with Crippen molar-refractivity contribution in [2.75, 3.05) is 6.54 Å². The van der Waals surface area contributed by atoms with Gasteiger partial charge < -0.3 is 5.32 Å². The molecule has 0 spiro atoms. The van der Waals surface area contributed by atoms with Crippen molar-refractivity contribution in [3.63, 3.8) is 0 Å². The molecule has 1 aliphatic heterocycles. The maximum atomic E-state index is 3.57. The zero-order valence-electron chi connectivity index (χ0n) is 8.68. The summed E-state index contributed by atoms with van der Waals surface area (Å²) >= 11 is 3.52. The molecule has 0 aromatic heterocycles. The Bertz CT molecular complexity index is 333. The summed E-state index contributed by atoms with van der Waals surface area (Å²) in [6, 6.07) is 9.10. The van der Waals surface area contributed by atoms with Gasteiger partial charge in [-0.1, -0.05) is 41.9 Å². The van der Waals surface area contributed by atoms with Crippen molar-refractivity contribution in [2.45, 2.75) is 26.3 Å². The monoisotopic (exact) mass is 253 g/mol. The van der Waals surface area contributed by atoms with Crippen molar-refractivity contribution in [1.82, 2.24) is 5.32 Å². The van der Waals surface area contributed by atoms with E-state index in [0.29, 0.717) is 11.5 Å². The number of rotatable bonds is 1. The van der Waals surface area contributed by atoms with E-state index < -0.39 is 0 Å². The molecule has 1 nitrogen and oxygen atoms in total. The number of hydrogen-bond donors (Lipinski definition) is 1. The zero-order valence-corrected chi connectivity index (χ0v) is 10.3. The minimum Gasteiger partial charge on any atom is -0.309 e. The third-order valence-electron chi connectivity index (χ3n) is 3.08. The van der Waals surface area contributed by atoms with E-state index in [9.17, 15) is 0 Å². The second-order valence-electron chi connectivity index (χ2n) is 4.68. The highest BCUT2D eigenvalue weighted by atomic mass is 79.9. The predicted molar refractivity (Wildman–Crippen MR) is 63.3 cm³/mol. The fourth-order valence-electron chi connectivity index (χ4n) is 2.21. The van der Waals surface area contributed by atoms with E-state index in [1.165, 1.54) is 16.5 Å². The van der Waals surface area contributed by atoms with Crippen LogP contribution in [0.1, 0.15) is 31.9 Å². The Morgan fingerprint density at radius 2 is 2.21 bits per heavy atom. The van der Waals surface area contributed by atoms with E-state index in [2.05, 4.69) is 59.4 Å². The number of benzene rings is 1. The highest BCUT2D eigenvalue weighted by Gasteiger charge is 2.34. The average Bonchev–Trinajstić information content (AvgIpc) is 2.45. The summed E-state index contributed by atoms with van der Waals surface area (Å²) in [6.07, 6.45) is 1.25. The Morgan fingerprint density at radius 3 is 2.79 bits per heavy atom. The Balaban J connectivity index is 2.31. The summed E-state index contributed by atoms with van der Waals surface area (Å²) in [6.45, 7) is 5.79. The van der Waals surface area contributed by atoms with Crippen LogP contribution in [0.5, 0.6) is 0 Å². The topological polar surface area (TPSA) is 12.0 Å². The van der Waals surface area contributed by atoms with E-state index in [-0.39, 0.29) is 0 Å². The van der Waals surface area contributed by atoms with Gasteiger partial charge in [0.15, 0.2) is 0 Å². The molecule has 1 saturated heterocycles. The summed E-state index contributed by atoms with van der Waals surface area (Å²) in [4.78, 5) is 0. The van der Waals surface area contributed by atoms with Crippen LogP contribution in [0, 0.1) is 5.41 Å². The highest BCUT2D eigenvalue weighted by Crippen LogP contribution is 2.40. The van der Waals surface area contributed by atoms with Crippen LogP contribution in [0.3, 0.4) is 0 Å². The van der Waals surface area contributed by atoms with Crippen LogP contribution < -0.4 is 5.32 Å². The normalized spacial score (nSPS) is 25.2. The van der Waals surface area contributed by atoms with Gasteiger partial charge in [0.05, 0.1) is 0 Å². The zero-order chi connectivity index (χ0) is 10.2. The lowest BCUT2D eigenvalue weighted by Crippen LogP contribution is -2.23. The van der Waals surface area contributed by atoms with E-state index in [1.807, 2.05) is 0 Å². The van der Waals surface area contributed by atoms with E-state index in [0.717, 1.165) is 6.54 Å². The minimum atomic E-state index is 0.376. The highest BCUT2D eigenvalue weighted by molar-refractivity contribution is 9.10. The first-order valence-electron chi connectivity index (χ1n) is 5.08. The van der Waals surface area contributed by atoms with Gasteiger partial charge in [0, 0.05) is 10.5 Å². The first-order chi connectivity index (χ1) is 6.59. The SMILES string of the molecule is CC1(C)CCNC1c1cccc(Br)c1. The molecular formula is C12H16BrN. The molecule has 2 heteroatoms. The van der Waals surface area contributed by atoms with Crippen molar-refractivity contribution >= 4 is 15.9 Å². The quantitative estimate of drug-likeness (QED) is 0.808. The fourth-order valence-corrected chi connectivity index (χ4v) is 2.63. The Kier molecular flexibility index (Phi) is 2.67. The van der Waals surface area contributed by atoms with Crippen LogP contribution in [-0.4, -0.2) is 6.54 Å². The average molecular weight is 254 g/mol. The Morgan fingerprint density at radius 1 is 1.43 bits per heavy atom. The summed E-state index contributed by atoms with van der Waals surface area (Å²) in [5, 5.41) is 3.57. The largest absolute Gasteiger partial charge is 0.309 e. The van der Waals surface area contributed by atoms with Crippen molar-refractivity contribution < 1.29 is 0 Å². The first kappa shape index (κ1) is 10.2. The summed E-state index contributed by atoms with van der Waals surface area (Å²) in [5.74, 6) is 0. The molecule has 2 rings (SSSR count). The van der Waals surface area contributed by atoms with Gasteiger partial charge in [-0.3, -0.25) is 0 Å². The third kappa shape index (κ3) is 1.86. The Labute approximate surface area is 94.0 Å². The van der Waals surface area contributed by atoms with Crippen LogP contribution in [0.4, 0.5) is 0 Å². The number of halogens is 1. The number of hydrogen-bond acceptors (Lipinski definition) is 1. The molecule has 1 atom stereocenters. The molecule has 1 heterocycles. The second kappa shape index (κ2) is 3.67. The second-order valence-corrected chi connectivity index (χ2v) is 5.60. The van der Waals surface area contributed by atoms with Crippen LogP contribution in [0.25, 0.3) is 0 Å².